The van der Waals surface area contributed by atoms with Crippen LogP contribution >= 0.6 is 0 Å². The fourth-order valence-corrected chi connectivity index (χ4v) is 1.66. The third-order valence-electron chi connectivity index (χ3n) is 2.73. The van der Waals surface area contributed by atoms with Crippen molar-refractivity contribution in [2.75, 3.05) is 19.7 Å². The molecule has 3 heteroatoms. The van der Waals surface area contributed by atoms with Crippen LogP contribution in [0.3, 0.4) is 0 Å². The molecule has 2 N–H and O–H groups in total. The molecular weight excluding hydrogens is 164 g/mol. The first-order valence-corrected chi connectivity index (χ1v) is 5.24. The highest BCUT2D eigenvalue weighted by Crippen LogP contribution is 2.11. The quantitative estimate of drug-likeness (QED) is 0.709. The molecule has 3 atom stereocenters. The molecule has 3 unspecified atom stereocenters. The Hall–Kier alpha value is -0.120. The van der Waals surface area contributed by atoms with Gasteiger partial charge < -0.3 is 10.5 Å². The van der Waals surface area contributed by atoms with Gasteiger partial charge in [0, 0.05) is 25.2 Å². The Morgan fingerprint density at radius 1 is 1.54 bits per heavy atom. The molecule has 1 aliphatic heterocycles. The van der Waals surface area contributed by atoms with Gasteiger partial charge >= 0.3 is 0 Å². The van der Waals surface area contributed by atoms with Crippen LogP contribution in [0.2, 0.25) is 0 Å². The van der Waals surface area contributed by atoms with Gasteiger partial charge in [-0.2, -0.15) is 0 Å². The summed E-state index contributed by atoms with van der Waals surface area (Å²) in [5.41, 5.74) is 5.93. The Kier molecular flexibility index (Phi) is 4.16. The van der Waals surface area contributed by atoms with E-state index in [0.29, 0.717) is 18.2 Å². The molecule has 0 aromatic rings. The molecule has 0 aromatic heterocycles. The molecule has 78 valence electrons. The lowest BCUT2D eigenvalue weighted by Crippen LogP contribution is -2.51. The average molecular weight is 186 g/mol. The number of nitrogens with zero attached hydrogens (tertiary/aromatic N) is 1. The molecule has 0 saturated carbocycles. The molecule has 1 rings (SSSR count). The topological polar surface area (TPSA) is 38.5 Å². The van der Waals surface area contributed by atoms with Crippen molar-refractivity contribution in [2.45, 2.75) is 45.4 Å². The summed E-state index contributed by atoms with van der Waals surface area (Å²) in [6, 6.07) is 0.835. The molecule has 1 fully saturated rings. The zero-order valence-electron chi connectivity index (χ0n) is 8.99. The van der Waals surface area contributed by atoms with Gasteiger partial charge in [-0.1, -0.05) is 6.92 Å². The maximum atomic E-state index is 5.93. The minimum absolute atomic E-state index is 0.313. The Bertz CT molecular complexity index is 152. The monoisotopic (exact) mass is 186 g/mol. The lowest BCUT2D eigenvalue weighted by molar-refractivity contribution is -0.0509. The van der Waals surface area contributed by atoms with Crippen LogP contribution in [0.25, 0.3) is 0 Å². The minimum atomic E-state index is 0.313. The fourth-order valence-electron chi connectivity index (χ4n) is 1.66. The van der Waals surface area contributed by atoms with E-state index < -0.39 is 0 Å². The summed E-state index contributed by atoms with van der Waals surface area (Å²) < 4.78 is 5.55. The van der Waals surface area contributed by atoms with Crippen LogP contribution in [-0.4, -0.2) is 42.8 Å². The molecular formula is C10H22N2O. The van der Waals surface area contributed by atoms with Crippen molar-refractivity contribution < 1.29 is 4.74 Å². The number of rotatable bonds is 3. The van der Waals surface area contributed by atoms with Gasteiger partial charge in [0.1, 0.15) is 0 Å². The average Bonchev–Trinajstić information content (AvgIpc) is 2.11. The van der Waals surface area contributed by atoms with Crippen molar-refractivity contribution in [1.82, 2.24) is 4.90 Å². The summed E-state index contributed by atoms with van der Waals surface area (Å²) in [6.07, 6.45) is 1.42. The summed E-state index contributed by atoms with van der Waals surface area (Å²) in [5.74, 6) is 0. The van der Waals surface area contributed by atoms with Crippen molar-refractivity contribution >= 4 is 0 Å². The van der Waals surface area contributed by atoms with Crippen molar-refractivity contribution in [3.8, 4) is 0 Å². The Morgan fingerprint density at radius 3 is 2.85 bits per heavy atom. The van der Waals surface area contributed by atoms with Crippen molar-refractivity contribution in [1.29, 1.82) is 0 Å². The van der Waals surface area contributed by atoms with Gasteiger partial charge in [-0.05, 0) is 20.3 Å². The third-order valence-corrected chi connectivity index (χ3v) is 2.73. The summed E-state index contributed by atoms with van der Waals surface area (Å²) in [6.45, 7) is 9.33. The Morgan fingerprint density at radius 2 is 2.23 bits per heavy atom. The van der Waals surface area contributed by atoms with Gasteiger partial charge in [-0.25, -0.2) is 0 Å². The standard InChI is InChI=1S/C10H22N2O/c1-4-10(11)6-12-5-9(3)13-7-8(12)2/h8-10H,4-7,11H2,1-3H3. The highest BCUT2D eigenvalue weighted by atomic mass is 16.5. The molecule has 0 amide bonds. The van der Waals surface area contributed by atoms with Crippen LogP contribution in [0.5, 0.6) is 0 Å². The van der Waals surface area contributed by atoms with Crippen LogP contribution in [0.1, 0.15) is 27.2 Å². The number of hydrogen-bond donors (Lipinski definition) is 1. The summed E-state index contributed by atoms with van der Waals surface area (Å²) >= 11 is 0. The van der Waals surface area contributed by atoms with Gasteiger partial charge in [0.05, 0.1) is 12.7 Å². The van der Waals surface area contributed by atoms with Crippen LogP contribution in [0.4, 0.5) is 0 Å². The SMILES string of the molecule is CCC(N)CN1CC(C)OCC1C. The van der Waals surface area contributed by atoms with Gasteiger partial charge in [0.25, 0.3) is 0 Å². The van der Waals surface area contributed by atoms with Crippen LogP contribution in [0.15, 0.2) is 0 Å². The lowest BCUT2D eigenvalue weighted by Gasteiger charge is -2.37. The normalized spacial score (nSPS) is 33.2. The molecule has 13 heavy (non-hydrogen) atoms. The summed E-state index contributed by atoms with van der Waals surface area (Å²) in [5, 5.41) is 0. The zero-order valence-corrected chi connectivity index (χ0v) is 8.99. The van der Waals surface area contributed by atoms with Crippen molar-refractivity contribution in [3.05, 3.63) is 0 Å². The van der Waals surface area contributed by atoms with E-state index in [1.807, 2.05) is 0 Å². The minimum Gasteiger partial charge on any atom is -0.376 e. The smallest absolute Gasteiger partial charge is 0.0674 e. The number of morpholine rings is 1. The second-order valence-electron chi connectivity index (χ2n) is 4.12. The van der Waals surface area contributed by atoms with Crippen molar-refractivity contribution in [3.63, 3.8) is 0 Å². The molecule has 0 aromatic carbocycles. The molecule has 1 aliphatic rings. The molecule has 0 radical (unpaired) electrons. The third kappa shape index (κ3) is 3.25. The molecule has 1 saturated heterocycles. The van der Waals surface area contributed by atoms with E-state index in [0.717, 1.165) is 26.1 Å². The second kappa shape index (κ2) is 4.94. The maximum Gasteiger partial charge on any atom is 0.0674 e. The predicted molar refractivity (Wildman–Crippen MR) is 54.7 cm³/mol. The largest absolute Gasteiger partial charge is 0.376 e. The number of ether oxygens (including phenoxy) is 1. The van der Waals surface area contributed by atoms with E-state index in [9.17, 15) is 0 Å². The zero-order chi connectivity index (χ0) is 9.84. The van der Waals surface area contributed by atoms with Crippen LogP contribution in [-0.2, 0) is 4.74 Å². The van der Waals surface area contributed by atoms with E-state index in [1.54, 1.807) is 0 Å². The van der Waals surface area contributed by atoms with Gasteiger partial charge in [0.2, 0.25) is 0 Å². The van der Waals surface area contributed by atoms with E-state index in [4.69, 9.17) is 10.5 Å². The molecule has 1 heterocycles. The first kappa shape index (κ1) is 11.0. The van der Waals surface area contributed by atoms with Crippen LogP contribution in [0, 0.1) is 0 Å². The fraction of sp³-hybridized carbons (Fsp3) is 1.00. The van der Waals surface area contributed by atoms with Gasteiger partial charge in [-0.3, -0.25) is 4.90 Å². The summed E-state index contributed by atoms with van der Waals surface area (Å²) in [7, 11) is 0. The number of nitrogens with two attached hydrogens (primary N) is 1. The maximum absolute atomic E-state index is 5.93. The highest BCUT2D eigenvalue weighted by Gasteiger charge is 2.23. The van der Waals surface area contributed by atoms with Gasteiger partial charge in [-0.15, -0.1) is 0 Å². The Labute approximate surface area is 81.2 Å². The number of hydrogen-bond acceptors (Lipinski definition) is 3. The van der Waals surface area contributed by atoms with Crippen LogP contribution < -0.4 is 5.73 Å². The van der Waals surface area contributed by atoms with E-state index in [-0.39, 0.29) is 0 Å². The predicted octanol–water partition coefficient (Wildman–Crippen LogP) is 0.833. The van der Waals surface area contributed by atoms with Gasteiger partial charge in [0.15, 0.2) is 0 Å². The Balaban J connectivity index is 2.37. The van der Waals surface area contributed by atoms with E-state index in [2.05, 4.69) is 25.7 Å². The van der Waals surface area contributed by atoms with E-state index in [1.165, 1.54) is 0 Å². The molecule has 0 bridgehead atoms. The molecule has 0 aliphatic carbocycles. The molecule has 0 spiro atoms. The lowest BCUT2D eigenvalue weighted by atomic mass is 10.1. The second-order valence-corrected chi connectivity index (χ2v) is 4.12. The van der Waals surface area contributed by atoms with Crippen molar-refractivity contribution in [2.24, 2.45) is 5.73 Å². The molecule has 3 nitrogen and oxygen atoms in total. The first-order valence-electron chi connectivity index (χ1n) is 5.24. The summed E-state index contributed by atoms with van der Waals surface area (Å²) in [4.78, 5) is 2.43. The highest BCUT2D eigenvalue weighted by molar-refractivity contribution is 4.78. The first-order chi connectivity index (χ1) is 6.13. The van der Waals surface area contributed by atoms with E-state index >= 15 is 0 Å².